The van der Waals surface area contributed by atoms with Gasteiger partial charge in [0.2, 0.25) is 5.91 Å². The minimum atomic E-state index is -0.415. The van der Waals surface area contributed by atoms with Crippen LogP contribution < -0.4 is 5.32 Å². The number of hydrogen-bond donors (Lipinski definition) is 1. The van der Waals surface area contributed by atoms with Gasteiger partial charge in [-0.3, -0.25) is 4.79 Å². The van der Waals surface area contributed by atoms with Gasteiger partial charge in [-0.15, -0.1) is 0 Å². The van der Waals surface area contributed by atoms with Crippen LogP contribution in [0.1, 0.15) is 61.1 Å². The molecule has 0 radical (unpaired) electrons. The number of fused-ring (bicyclic) bond motifs is 1. The summed E-state index contributed by atoms with van der Waals surface area (Å²) in [7, 11) is 1.37. The van der Waals surface area contributed by atoms with E-state index < -0.39 is 6.09 Å². The van der Waals surface area contributed by atoms with E-state index in [-0.39, 0.29) is 17.4 Å². The fourth-order valence-corrected chi connectivity index (χ4v) is 5.77. The van der Waals surface area contributed by atoms with Crippen LogP contribution in [0.3, 0.4) is 0 Å². The van der Waals surface area contributed by atoms with Crippen molar-refractivity contribution in [2.75, 3.05) is 20.2 Å². The average molecular weight is 383 g/mol. The number of aryl methyl sites for hydroxylation is 1. The molecule has 1 aliphatic heterocycles. The van der Waals surface area contributed by atoms with Crippen molar-refractivity contribution in [3.63, 3.8) is 0 Å². The van der Waals surface area contributed by atoms with Gasteiger partial charge in [0.1, 0.15) is 0 Å². The largest absolute Gasteiger partial charge is 0.453 e. The number of methoxy groups -OCH3 is 1. The van der Waals surface area contributed by atoms with E-state index in [1.54, 1.807) is 0 Å². The topological polar surface area (TPSA) is 58.6 Å². The predicted octanol–water partition coefficient (Wildman–Crippen LogP) is 3.57. The summed E-state index contributed by atoms with van der Waals surface area (Å²) in [4.78, 5) is 26.4. The number of hydrogen-bond acceptors (Lipinski definition) is 3. The molecular weight excluding hydrogens is 352 g/mol. The zero-order valence-corrected chi connectivity index (χ0v) is 17.0. The molecule has 150 valence electrons. The van der Waals surface area contributed by atoms with Gasteiger partial charge >= 0.3 is 6.09 Å². The Kier molecular flexibility index (Phi) is 4.01. The first-order chi connectivity index (χ1) is 13.4. The van der Waals surface area contributed by atoms with Crippen molar-refractivity contribution in [1.82, 2.24) is 10.2 Å². The van der Waals surface area contributed by atoms with Gasteiger partial charge in [-0.25, -0.2) is 4.79 Å². The lowest BCUT2D eigenvalue weighted by Gasteiger charge is -2.45. The van der Waals surface area contributed by atoms with E-state index in [1.807, 2.05) is 6.92 Å². The Morgan fingerprint density at radius 2 is 1.86 bits per heavy atom. The Morgan fingerprint density at radius 3 is 2.43 bits per heavy atom. The van der Waals surface area contributed by atoms with Crippen LogP contribution in [0.15, 0.2) is 18.2 Å². The highest BCUT2D eigenvalue weighted by molar-refractivity contribution is 5.81. The molecule has 1 heterocycles. The number of nitrogens with zero attached hydrogens (tertiary/aromatic N) is 1. The molecule has 4 fully saturated rings. The quantitative estimate of drug-likeness (QED) is 0.866. The smallest absolute Gasteiger partial charge is 0.407 e. The summed E-state index contributed by atoms with van der Waals surface area (Å²) in [5.41, 5.74) is 4.15. The fourth-order valence-electron chi connectivity index (χ4n) is 5.77. The van der Waals surface area contributed by atoms with Gasteiger partial charge < -0.3 is 15.0 Å². The number of piperidine rings is 1. The molecule has 2 amide bonds. The minimum Gasteiger partial charge on any atom is -0.453 e. The fraction of sp³-hybridized carbons (Fsp3) is 0.652. The number of carbonyl (C=O) groups excluding carboxylic acids is 2. The number of benzene rings is 1. The lowest BCUT2D eigenvalue weighted by atomic mass is 9.69. The summed E-state index contributed by atoms with van der Waals surface area (Å²) >= 11 is 0. The minimum absolute atomic E-state index is 0.0395. The van der Waals surface area contributed by atoms with Crippen LogP contribution in [0, 0.1) is 24.7 Å². The van der Waals surface area contributed by atoms with E-state index >= 15 is 0 Å². The molecule has 5 heteroatoms. The van der Waals surface area contributed by atoms with Crippen LogP contribution >= 0.6 is 0 Å². The highest BCUT2D eigenvalue weighted by Gasteiger charge is 2.58. The zero-order chi connectivity index (χ0) is 19.6. The molecule has 28 heavy (non-hydrogen) atoms. The summed E-state index contributed by atoms with van der Waals surface area (Å²) in [6, 6.07) is 7.09. The van der Waals surface area contributed by atoms with Crippen LogP contribution in [-0.2, 0) is 9.53 Å². The summed E-state index contributed by atoms with van der Waals surface area (Å²) < 4.78 is 4.68. The molecule has 1 aromatic carbocycles. The summed E-state index contributed by atoms with van der Waals surface area (Å²) in [5, 5.41) is 2.86. The predicted molar refractivity (Wildman–Crippen MR) is 106 cm³/mol. The van der Waals surface area contributed by atoms with Crippen molar-refractivity contribution < 1.29 is 14.3 Å². The number of alkyl carbamates (subject to hydrolysis) is 1. The van der Waals surface area contributed by atoms with Crippen molar-refractivity contribution in [3.8, 4) is 0 Å². The maximum atomic E-state index is 12.9. The molecule has 0 aromatic heterocycles. The summed E-state index contributed by atoms with van der Waals surface area (Å²) in [6.07, 6.45) is 3.69. The first-order valence-electron chi connectivity index (χ1n) is 10.6. The van der Waals surface area contributed by atoms with E-state index in [0.29, 0.717) is 30.6 Å². The Morgan fingerprint density at radius 1 is 1.18 bits per heavy atom. The van der Waals surface area contributed by atoms with E-state index in [0.717, 1.165) is 19.0 Å². The molecule has 0 spiro atoms. The summed E-state index contributed by atoms with van der Waals surface area (Å²) in [6.45, 7) is 6.03. The van der Waals surface area contributed by atoms with Gasteiger partial charge in [-0.2, -0.15) is 0 Å². The molecule has 4 aliphatic rings. The maximum Gasteiger partial charge on any atom is 0.407 e. The number of amides is 2. The monoisotopic (exact) mass is 382 g/mol. The standard InChI is InChI=1S/C23H30N2O3/c1-13-8-15(14-4-5-14)6-7-17(13)20-18-11-25(12-19(18)20)21(26)16-9-23(2,10-16)24-22(27)28-3/h6-8,14,16,18-20H,4-5,9-12H2,1-3H3,(H,24,27)/t16-,18-,19+,20+,23+. The molecule has 0 unspecified atom stereocenters. The molecule has 1 saturated heterocycles. The lowest BCUT2D eigenvalue weighted by Crippen LogP contribution is -2.58. The van der Waals surface area contributed by atoms with Gasteiger partial charge in [0.25, 0.3) is 0 Å². The molecule has 5 rings (SSSR count). The van der Waals surface area contributed by atoms with E-state index in [2.05, 4.69) is 40.1 Å². The van der Waals surface area contributed by atoms with Gasteiger partial charge in [0, 0.05) is 24.5 Å². The first kappa shape index (κ1) is 18.0. The number of likely N-dealkylation sites (tertiary alicyclic amines) is 1. The normalized spacial score (nSPS) is 35.8. The highest BCUT2D eigenvalue weighted by Crippen LogP contribution is 2.59. The van der Waals surface area contributed by atoms with E-state index in [1.165, 1.54) is 36.6 Å². The Balaban J connectivity index is 1.15. The third-order valence-electron chi connectivity index (χ3n) is 7.54. The maximum absolute atomic E-state index is 12.9. The van der Waals surface area contributed by atoms with Crippen LogP contribution in [0.5, 0.6) is 0 Å². The molecule has 3 atom stereocenters. The number of nitrogens with one attached hydrogen (secondary N) is 1. The van der Waals surface area contributed by atoms with Gasteiger partial charge in [0.05, 0.1) is 7.11 Å². The Bertz CT molecular complexity index is 813. The van der Waals surface area contributed by atoms with Crippen molar-refractivity contribution in [1.29, 1.82) is 0 Å². The van der Waals surface area contributed by atoms with Crippen molar-refractivity contribution in [2.24, 2.45) is 17.8 Å². The molecule has 3 aliphatic carbocycles. The second-order valence-corrected chi connectivity index (χ2v) is 9.77. The molecule has 1 N–H and O–H groups in total. The van der Waals surface area contributed by atoms with Gasteiger partial charge in [0.15, 0.2) is 0 Å². The van der Waals surface area contributed by atoms with Crippen molar-refractivity contribution in [3.05, 3.63) is 34.9 Å². The molecule has 0 bridgehead atoms. The zero-order valence-electron chi connectivity index (χ0n) is 17.0. The van der Waals surface area contributed by atoms with Crippen molar-refractivity contribution in [2.45, 2.75) is 56.9 Å². The van der Waals surface area contributed by atoms with Crippen molar-refractivity contribution >= 4 is 12.0 Å². The first-order valence-corrected chi connectivity index (χ1v) is 10.6. The number of ether oxygens (including phenoxy) is 1. The van der Waals surface area contributed by atoms with Crippen LogP contribution in [0.2, 0.25) is 0 Å². The average Bonchev–Trinajstić information content (AvgIpc) is 3.56. The van der Waals surface area contributed by atoms with Crippen LogP contribution in [0.25, 0.3) is 0 Å². The van der Waals surface area contributed by atoms with E-state index in [4.69, 9.17) is 0 Å². The highest BCUT2D eigenvalue weighted by atomic mass is 16.5. The molecule has 3 saturated carbocycles. The Labute approximate surface area is 166 Å². The SMILES string of the molecule is COC(=O)N[C@]1(C)C[C@H](C(=O)N2C[C@@H]3[C@H](C2)[C@H]3c2ccc(C3CC3)cc2C)C1. The van der Waals surface area contributed by atoms with Crippen LogP contribution in [-0.4, -0.2) is 42.6 Å². The molecule has 5 nitrogen and oxygen atoms in total. The summed E-state index contributed by atoms with van der Waals surface area (Å²) in [5.74, 6) is 3.03. The second-order valence-electron chi connectivity index (χ2n) is 9.77. The lowest BCUT2D eigenvalue weighted by molar-refractivity contribution is -0.140. The van der Waals surface area contributed by atoms with Gasteiger partial charge in [-0.1, -0.05) is 18.2 Å². The van der Waals surface area contributed by atoms with Gasteiger partial charge in [-0.05, 0) is 79.9 Å². The molecule has 1 aromatic rings. The Hall–Kier alpha value is -2.04. The second kappa shape index (κ2) is 6.23. The number of carbonyl (C=O) groups is 2. The number of rotatable bonds is 4. The third kappa shape index (κ3) is 2.99. The third-order valence-corrected chi connectivity index (χ3v) is 7.54. The van der Waals surface area contributed by atoms with Crippen LogP contribution in [0.4, 0.5) is 4.79 Å². The van der Waals surface area contributed by atoms with E-state index in [9.17, 15) is 9.59 Å². The molecular formula is C23H30N2O3.